The normalized spacial score (nSPS) is 11.8. The number of aliphatic carboxylic acids is 1. The van der Waals surface area contributed by atoms with Crippen molar-refractivity contribution >= 4 is 18.0 Å². The van der Waals surface area contributed by atoms with Gasteiger partial charge in [-0.1, -0.05) is 13.8 Å². The minimum atomic E-state index is -1.06. The number of hydrogen-bond acceptors (Lipinski definition) is 4. The first-order valence-corrected chi connectivity index (χ1v) is 6.79. The van der Waals surface area contributed by atoms with Gasteiger partial charge in [0.2, 0.25) is 0 Å². The Morgan fingerprint density at radius 1 is 1.25 bits per heavy atom. The molecule has 116 valence electrons. The van der Waals surface area contributed by atoms with Gasteiger partial charge < -0.3 is 20.5 Å². The van der Waals surface area contributed by atoms with Crippen molar-refractivity contribution in [3.05, 3.63) is 0 Å². The third-order valence-corrected chi connectivity index (χ3v) is 2.46. The predicted molar refractivity (Wildman–Crippen MR) is 73.3 cm³/mol. The van der Waals surface area contributed by atoms with E-state index in [4.69, 9.17) is 9.84 Å². The number of urea groups is 1. The second-order valence-corrected chi connectivity index (χ2v) is 4.83. The molecule has 0 aromatic rings. The molecule has 0 saturated carbocycles. The van der Waals surface area contributed by atoms with Crippen LogP contribution in [0.2, 0.25) is 0 Å². The summed E-state index contributed by atoms with van der Waals surface area (Å²) >= 11 is 0. The number of carboxylic acids is 1. The van der Waals surface area contributed by atoms with Crippen LogP contribution in [0.5, 0.6) is 0 Å². The molecule has 7 nitrogen and oxygen atoms in total. The molecule has 20 heavy (non-hydrogen) atoms. The van der Waals surface area contributed by atoms with Gasteiger partial charge in [-0.15, -0.1) is 0 Å². The maximum Gasteiger partial charge on any atom is 0.326 e. The van der Waals surface area contributed by atoms with Crippen molar-refractivity contribution in [2.45, 2.75) is 46.1 Å². The van der Waals surface area contributed by atoms with Crippen molar-refractivity contribution in [2.24, 2.45) is 5.92 Å². The van der Waals surface area contributed by atoms with Crippen LogP contribution in [0.25, 0.3) is 0 Å². The zero-order valence-corrected chi connectivity index (χ0v) is 12.3. The van der Waals surface area contributed by atoms with Crippen LogP contribution in [0.1, 0.15) is 40.0 Å². The summed E-state index contributed by atoms with van der Waals surface area (Å²) in [5, 5.41) is 13.9. The number of carbonyl (C=O) groups is 3. The van der Waals surface area contributed by atoms with Gasteiger partial charge in [-0.05, 0) is 25.7 Å². The minimum absolute atomic E-state index is 0.167. The first-order valence-electron chi connectivity index (χ1n) is 6.79. The number of carboxylic acid groups (broad SMARTS) is 1. The van der Waals surface area contributed by atoms with Gasteiger partial charge in [-0.3, -0.25) is 4.79 Å². The Bertz CT molecular complexity index is 331. The van der Waals surface area contributed by atoms with Crippen molar-refractivity contribution in [2.75, 3.05) is 13.2 Å². The standard InChI is InChI=1S/C13H24N2O5/c1-4-20-11(16)6-5-7-14-13(19)15-10(12(17)18)8-9(2)3/h9-10H,4-8H2,1-3H3,(H,17,18)(H2,14,15,19)/t10-/m0/s1. The van der Waals surface area contributed by atoms with Gasteiger partial charge in [0.25, 0.3) is 0 Å². The highest BCUT2D eigenvalue weighted by Crippen LogP contribution is 2.04. The van der Waals surface area contributed by atoms with Crippen molar-refractivity contribution in [1.82, 2.24) is 10.6 Å². The Balaban J connectivity index is 3.91. The zero-order valence-electron chi connectivity index (χ0n) is 12.3. The van der Waals surface area contributed by atoms with Gasteiger partial charge in [-0.2, -0.15) is 0 Å². The summed E-state index contributed by atoms with van der Waals surface area (Å²) in [6, 6.07) is -1.44. The lowest BCUT2D eigenvalue weighted by atomic mass is 10.0. The van der Waals surface area contributed by atoms with E-state index in [1.54, 1.807) is 6.92 Å². The topological polar surface area (TPSA) is 105 Å². The predicted octanol–water partition coefficient (Wildman–Crippen LogP) is 1.13. The van der Waals surface area contributed by atoms with E-state index >= 15 is 0 Å². The number of ether oxygens (including phenoxy) is 1. The maximum absolute atomic E-state index is 11.5. The number of hydrogen-bond donors (Lipinski definition) is 3. The molecule has 7 heteroatoms. The first-order chi connectivity index (χ1) is 9.36. The van der Waals surface area contributed by atoms with Crippen LogP contribution in [0.3, 0.4) is 0 Å². The Hall–Kier alpha value is -1.79. The first kappa shape index (κ1) is 18.2. The summed E-state index contributed by atoms with van der Waals surface area (Å²) in [6.07, 6.45) is 1.04. The molecule has 0 spiro atoms. The molecule has 0 fully saturated rings. The molecule has 0 aliphatic heterocycles. The number of rotatable bonds is 9. The van der Waals surface area contributed by atoms with Crippen molar-refractivity contribution < 1.29 is 24.2 Å². The van der Waals surface area contributed by atoms with Crippen molar-refractivity contribution in [3.63, 3.8) is 0 Å². The molecule has 0 unspecified atom stereocenters. The fraction of sp³-hybridized carbons (Fsp3) is 0.769. The Morgan fingerprint density at radius 2 is 1.90 bits per heavy atom. The average Bonchev–Trinajstić information content (AvgIpc) is 2.33. The molecule has 0 rings (SSSR count). The molecular weight excluding hydrogens is 264 g/mol. The van der Waals surface area contributed by atoms with Gasteiger partial charge in [0.15, 0.2) is 0 Å². The summed E-state index contributed by atoms with van der Waals surface area (Å²) in [5.74, 6) is -1.20. The lowest BCUT2D eigenvalue weighted by molar-refractivity contribution is -0.143. The molecule has 0 radical (unpaired) electrons. The summed E-state index contributed by atoms with van der Waals surface area (Å²) < 4.78 is 4.74. The second kappa shape index (κ2) is 10.1. The van der Waals surface area contributed by atoms with Crippen molar-refractivity contribution in [3.8, 4) is 0 Å². The summed E-state index contributed by atoms with van der Waals surface area (Å²) in [7, 11) is 0. The van der Waals surface area contributed by atoms with E-state index in [9.17, 15) is 14.4 Å². The molecule has 0 bridgehead atoms. The SMILES string of the molecule is CCOC(=O)CCCNC(=O)N[C@@H](CC(C)C)C(=O)O. The van der Waals surface area contributed by atoms with E-state index < -0.39 is 18.0 Å². The number of amides is 2. The monoisotopic (exact) mass is 288 g/mol. The van der Waals surface area contributed by atoms with Crippen molar-refractivity contribution in [1.29, 1.82) is 0 Å². The van der Waals surface area contributed by atoms with Gasteiger partial charge in [-0.25, -0.2) is 9.59 Å². The number of carbonyl (C=O) groups excluding carboxylic acids is 2. The lowest BCUT2D eigenvalue weighted by Gasteiger charge is -2.16. The van der Waals surface area contributed by atoms with E-state index in [1.165, 1.54) is 0 Å². The summed E-state index contributed by atoms with van der Waals surface area (Å²) in [5.41, 5.74) is 0. The van der Waals surface area contributed by atoms with E-state index in [-0.39, 0.29) is 18.3 Å². The fourth-order valence-corrected chi connectivity index (χ4v) is 1.57. The van der Waals surface area contributed by atoms with Gasteiger partial charge in [0.05, 0.1) is 6.61 Å². The Kier molecular flexibility index (Phi) is 9.15. The van der Waals surface area contributed by atoms with Crippen LogP contribution < -0.4 is 10.6 Å². The van der Waals surface area contributed by atoms with E-state index in [0.717, 1.165) is 0 Å². The Morgan fingerprint density at radius 3 is 2.40 bits per heavy atom. The molecule has 0 aromatic heterocycles. The van der Waals surface area contributed by atoms with Crippen LogP contribution in [0, 0.1) is 5.92 Å². The fourth-order valence-electron chi connectivity index (χ4n) is 1.57. The second-order valence-electron chi connectivity index (χ2n) is 4.83. The molecule has 0 aromatic carbocycles. The molecule has 3 N–H and O–H groups in total. The largest absolute Gasteiger partial charge is 0.480 e. The van der Waals surface area contributed by atoms with E-state index in [0.29, 0.717) is 26.0 Å². The van der Waals surface area contributed by atoms with Crippen LogP contribution >= 0.6 is 0 Å². The van der Waals surface area contributed by atoms with Crippen LogP contribution in [-0.4, -0.2) is 42.3 Å². The lowest BCUT2D eigenvalue weighted by Crippen LogP contribution is -2.46. The highest BCUT2D eigenvalue weighted by atomic mass is 16.5. The van der Waals surface area contributed by atoms with Crippen LogP contribution in [0.4, 0.5) is 4.79 Å². The number of esters is 1. The molecule has 0 heterocycles. The third kappa shape index (κ3) is 9.18. The average molecular weight is 288 g/mol. The van der Waals surface area contributed by atoms with Crippen LogP contribution in [0.15, 0.2) is 0 Å². The molecular formula is C13H24N2O5. The van der Waals surface area contributed by atoms with Crippen LogP contribution in [-0.2, 0) is 14.3 Å². The van der Waals surface area contributed by atoms with Gasteiger partial charge in [0.1, 0.15) is 6.04 Å². The highest BCUT2D eigenvalue weighted by molar-refractivity contribution is 5.82. The molecule has 2 amide bonds. The van der Waals surface area contributed by atoms with Gasteiger partial charge in [0, 0.05) is 13.0 Å². The maximum atomic E-state index is 11.5. The van der Waals surface area contributed by atoms with E-state index in [1.807, 2.05) is 13.8 Å². The molecule has 0 aliphatic rings. The summed E-state index contributed by atoms with van der Waals surface area (Å²) in [6.45, 7) is 6.12. The molecule has 1 atom stereocenters. The van der Waals surface area contributed by atoms with E-state index in [2.05, 4.69) is 10.6 Å². The smallest absolute Gasteiger partial charge is 0.326 e. The Labute approximate surface area is 119 Å². The van der Waals surface area contributed by atoms with Gasteiger partial charge >= 0.3 is 18.0 Å². The minimum Gasteiger partial charge on any atom is -0.480 e. The quantitative estimate of drug-likeness (QED) is 0.436. The molecule has 0 saturated heterocycles. The highest BCUT2D eigenvalue weighted by Gasteiger charge is 2.20. The third-order valence-electron chi connectivity index (χ3n) is 2.46. The summed E-state index contributed by atoms with van der Waals surface area (Å²) in [4.78, 5) is 33.5. The number of nitrogens with one attached hydrogen (secondary N) is 2. The molecule has 0 aliphatic carbocycles. The zero-order chi connectivity index (χ0) is 15.5.